The molecule has 1 N–H and O–H groups in total. The second-order valence-electron chi connectivity index (χ2n) is 5.09. The van der Waals surface area contributed by atoms with Crippen molar-refractivity contribution in [1.29, 1.82) is 0 Å². The van der Waals surface area contributed by atoms with E-state index >= 15 is 0 Å². The Kier molecular flexibility index (Phi) is 4.89. The Labute approximate surface area is 144 Å². The summed E-state index contributed by atoms with van der Waals surface area (Å²) in [5.74, 6) is 0.530. The van der Waals surface area contributed by atoms with Gasteiger partial charge in [-0.2, -0.15) is 0 Å². The van der Waals surface area contributed by atoms with Gasteiger partial charge in [0.05, 0.1) is 16.0 Å². The number of aryl methyl sites for hydroxylation is 1. The van der Waals surface area contributed by atoms with Crippen molar-refractivity contribution in [3.8, 4) is 0 Å². The molecule has 0 aliphatic heterocycles. The predicted molar refractivity (Wildman–Crippen MR) is 98.9 cm³/mol. The number of para-hydroxylation sites is 1. The van der Waals surface area contributed by atoms with Gasteiger partial charge >= 0.3 is 0 Å². The Bertz CT molecular complexity index is 887. The molecular formula is C16H16N2O2S3. The van der Waals surface area contributed by atoms with E-state index in [2.05, 4.69) is 9.71 Å². The molecule has 120 valence electrons. The first kappa shape index (κ1) is 16.3. The maximum atomic E-state index is 12.1. The lowest BCUT2D eigenvalue weighted by atomic mass is 10.2. The Morgan fingerprint density at radius 2 is 2.00 bits per heavy atom. The molecule has 0 bridgehead atoms. The predicted octanol–water partition coefficient (Wildman–Crippen LogP) is 4.14. The molecule has 0 atom stereocenters. The second-order valence-corrected chi connectivity index (χ2v) is 9.30. The van der Waals surface area contributed by atoms with Gasteiger partial charge in [-0.15, -0.1) is 11.3 Å². The van der Waals surface area contributed by atoms with Crippen LogP contribution in [-0.4, -0.2) is 24.9 Å². The summed E-state index contributed by atoms with van der Waals surface area (Å²) in [5, 5.41) is 0. The van der Waals surface area contributed by atoms with E-state index < -0.39 is 10.0 Å². The largest absolute Gasteiger partial charge is 0.284 e. The van der Waals surface area contributed by atoms with Crippen LogP contribution in [0.25, 0.3) is 10.2 Å². The van der Waals surface area contributed by atoms with Gasteiger partial charge in [-0.05, 0) is 36.8 Å². The van der Waals surface area contributed by atoms with E-state index in [0.717, 1.165) is 20.1 Å². The summed E-state index contributed by atoms with van der Waals surface area (Å²) in [6, 6.07) is 15.3. The normalized spacial score (nSPS) is 11.7. The smallest absolute Gasteiger partial charge is 0.233 e. The van der Waals surface area contributed by atoms with Gasteiger partial charge < -0.3 is 0 Å². The number of nitrogens with one attached hydrogen (secondary N) is 1. The van der Waals surface area contributed by atoms with E-state index in [1.807, 2.05) is 49.4 Å². The number of hydrogen-bond donors (Lipinski definition) is 1. The van der Waals surface area contributed by atoms with Crippen LogP contribution in [-0.2, 0) is 10.0 Å². The number of hydrogen-bond acceptors (Lipinski definition) is 5. The van der Waals surface area contributed by atoms with Gasteiger partial charge in [0.15, 0.2) is 4.34 Å². The highest BCUT2D eigenvalue weighted by Gasteiger charge is 2.12. The molecule has 4 nitrogen and oxygen atoms in total. The molecular weight excluding hydrogens is 348 g/mol. The van der Waals surface area contributed by atoms with Crippen LogP contribution in [0.1, 0.15) is 5.56 Å². The molecule has 3 aromatic rings. The lowest BCUT2D eigenvalue weighted by molar-refractivity contribution is 0.602. The first-order valence-electron chi connectivity index (χ1n) is 7.07. The number of fused-ring (bicyclic) bond motifs is 1. The summed E-state index contributed by atoms with van der Waals surface area (Å²) in [6.45, 7) is 1.93. The SMILES string of the molecule is Cc1cccc(NS(=O)(=O)CCSc2nc3ccccc3s2)c1. The minimum atomic E-state index is -3.35. The lowest BCUT2D eigenvalue weighted by Crippen LogP contribution is -2.18. The van der Waals surface area contributed by atoms with E-state index in [0.29, 0.717) is 11.4 Å². The molecule has 1 aromatic heterocycles. The average Bonchev–Trinajstić information content (AvgIpc) is 2.89. The topological polar surface area (TPSA) is 59.1 Å². The average molecular weight is 365 g/mol. The maximum Gasteiger partial charge on any atom is 0.233 e. The Morgan fingerprint density at radius 1 is 1.17 bits per heavy atom. The monoisotopic (exact) mass is 364 g/mol. The van der Waals surface area contributed by atoms with Crippen molar-refractivity contribution in [3.63, 3.8) is 0 Å². The van der Waals surface area contributed by atoms with Gasteiger partial charge in [0.25, 0.3) is 0 Å². The molecule has 0 unspecified atom stereocenters. The van der Waals surface area contributed by atoms with Crippen molar-refractivity contribution in [2.24, 2.45) is 0 Å². The maximum absolute atomic E-state index is 12.1. The summed E-state index contributed by atoms with van der Waals surface area (Å²) < 4.78 is 28.9. The highest BCUT2D eigenvalue weighted by Crippen LogP contribution is 2.29. The molecule has 0 aliphatic carbocycles. The molecule has 3 rings (SSSR count). The summed E-state index contributed by atoms with van der Waals surface area (Å²) in [7, 11) is -3.35. The zero-order chi connectivity index (χ0) is 16.3. The molecule has 1 heterocycles. The molecule has 0 amide bonds. The Morgan fingerprint density at radius 3 is 2.78 bits per heavy atom. The van der Waals surface area contributed by atoms with Gasteiger partial charge in [0.2, 0.25) is 10.0 Å². The minimum Gasteiger partial charge on any atom is -0.284 e. The summed E-state index contributed by atoms with van der Waals surface area (Å²) in [5.41, 5.74) is 2.59. The minimum absolute atomic E-state index is 0.0571. The van der Waals surface area contributed by atoms with E-state index in [9.17, 15) is 8.42 Å². The number of aromatic nitrogens is 1. The fourth-order valence-corrected chi connectivity index (χ4v) is 5.68. The first-order valence-corrected chi connectivity index (χ1v) is 10.5. The quantitative estimate of drug-likeness (QED) is 0.668. The Hall–Kier alpha value is -1.57. The van der Waals surface area contributed by atoms with Crippen LogP contribution in [0.15, 0.2) is 52.9 Å². The van der Waals surface area contributed by atoms with Crippen LogP contribution < -0.4 is 4.72 Å². The molecule has 0 aliphatic rings. The highest BCUT2D eigenvalue weighted by molar-refractivity contribution is 8.02. The van der Waals surface area contributed by atoms with Gasteiger partial charge in [-0.1, -0.05) is 36.0 Å². The van der Waals surface area contributed by atoms with Gasteiger partial charge in [-0.25, -0.2) is 13.4 Å². The zero-order valence-electron chi connectivity index (χ0n) is 12.5. The number of anilines is 1. The number of sulfonamides is 1. The van der Waals surface area contributed by atoms with Crippen molar-refractivity contribution < 1.29 is 8.42 Å². The van der Waals surface area contributed by atoms with Crippen LogP contribution in [0, 0.1) is 6.92 Å². The van der Waals surface area contributed by atoms with Crippen LogP contribution in [0.4, 0.5) is 5.69 Å². The number of nitrogens with zero attached hydrogens (tertiary/aromatic N) is 1. The molecule has 2 aromatic carbocycles. The fourth-order valence-electron chi connectivity index (χ4n) is 2.09. The van der Waals surface area contributed by atoms with E-state index in [1.165, 1.54) is 11.8 Å². The third kappa shape index (κ3) is 4.46. The third-order valence-corrected chi connectivity index (χ3v) is 6.87. The summed E-state index contributed by atoms with van der Waals surface area (Å²) in [6.07, 6.45) is 0. The number of thiazole rings is 1. The number of rotatable bonds is 6. The van der Waals surface area contributed by atoms with E-state index in [4.69, 9.17) is 0 Å². The standard InChI is InChI=1S/C16H16N2O2S3/c1-12-5-4-6-13(11-12)18-23(19,20)10-9-21-16-17-14-7-2-3-8-15(14)22-16/h2-8,11,18H,9-10H2,1H3. The summed E-state index contributed by atoms with van der Waals surface area (Å²) >= 11 is 3.07. The van der Waals surface area contributed by atoms with Crippen molar-refractivity contribution in [3.05, 3.63) is 54.1 Å². The first-order chi connectivity index (χ1) is 11.0. The summed E-state index contributed by atoms with van der Waals surface area (Å²) in [4.78, 5) is 4.49. The van der Waals surface area contributed by atoms with E-state index in [1.54, 1.807) is 17.4 Å². The van der Waals surface area contributed by atoms with Crippen LogP contribution in [0.5, 0.6) is 0 Å². The molecule has 0 radical (unpaired) electrons. The van der Waals surface area contributed by atoms with Crippen molar-refractivity contribution in [2.45, 2.75) is 11.3 Å². The van der Waals surface area contributed by atoms with Crippen molar-refractivity contribution in [2.75, 3.05) is 16.2 Å². The molecule has 0 spiro atoms. The zero-order valence-corrected chi connectivity index (χ0v) is 15.0. The number of benzene rings is 2. The van der Waals surface area contributed by atoms with Crippen molar-refractivity contribution in [1.82, 2.24) is 4.98 Å². The lowest BCUT2D eigenvalue weighted by Gasteiger charge is -2.07. The van der Waals surface area contributed by atoms with Crippen LogP contribution in [0.2, 0.25) is 0 Å². The highest BCUT2D eigenvalue weighted by atomic mass is 32.2. The molecule has 7 heteroatoms. The second kappa shape index (κ2) is 6.90. The van der Waals surface area contributed by atoms with Crippen LogP contribution in [0.3, 0.4) is 0 Å². The Balaban J connectivity index is 1.58. The molecule has 0 saturated heterocycles. The van der Waals surface area contributed by atoms with Crippen LogP contribution >= 0.6 is 23.1 Å². The van der Waals surface area contributed by atoms with E-state index in [-0.39, 0.29) is 5.75 Å². The van der Waals surface area contributed by atoms with Gasteiger partial charge in [0.1, 0.15) is 0 Å². The third-order valence-electron chi connectivity index (χ3n) is 3.14. The van der Waals surface area contributed by atoms with Gasteiger partial charge in [0, 0.05) is 11.4 Å². The van der Waals surface area contributed by atoms with Gasteiger partial charge in [-0.3, -0.25) is 4.72 Å². The van der Waals surface area contributed by atoms with Crippen molar-refractivity contribution >= 4 is 49.0 Å². The molecule has 0 fully saturated rings. The molecule has 23 heavy (non-hydrogen) atoms. The fraction of sp³-hybridized carbons (Fsp3) is 0.188. The molecule has 0 saturated carbocycles. The number of thioether (sulfide) groups is 1.